The van der Waals surface area contributed by atoms with Crippen LogP contribution in [0.1, 0.15) is 5.56 Å². The molecule has 0 spiro atoms. The Bertz CT molecular complexity index is 862. The molecule has 2 N–H and O–H groups in total. The van der Waals surface area contributed by atoms with E-state index < -0.39 is 0 Å². The van der Waals surface area contributed by atoms with Gasteiger partial charge in [0, 0.05) is 11.1 Å². The second-order valence-corrected chi connectivity index (χ2v) is 5.30. The van der Waals surface area contributed by atoms with Gasteiger partial charge in [-0.15, -0.1) is 0 Å². The zero-order chi connectivity index (χ0) is 16.4. The number of pyridine rings is 1. The van der Waals surface area contributed by atoms with E-state index in [4.69, 9.17) is 10.5 Å². The first-order chi connectivity index (χ1) is 11.1. The monoisotopic (exact) mass is 308 g/mol. The molecule has 116 valence electrons. The van der Waals surface area contributed by atoms with Crippen LogP contribution < -0.4 is 10.5 Å². The molecule has 3 aromatic rings. The van der Waals surface area contributed by atoms with Crippen LogP contribution in [0.15, 0.2) is 54.6 Å². The van der Waals surface area contributed by atoms with Crippen molar-refractivity contribution in [1.82, 2.24) is 4.98 Å². The molecule has 2 aromatic carbocycles. The normalized spacial score (nSPS) is 10.6. The minimum absolute atomic E-state index is 0.322. The first-order valence-corrected chi connectivity index (χ1v) is 7.26. The molecular formula is C19H17FN2O. The Morgan fingerprint density at radius 1 is 1.00 bits per heavy atom. The van der Waals surface area contributed by atoms with Gasteiger partial charge in [-0.25, -0.2) is 9.37 Å². The molecule has 0 radical (unpaired) electrons. The zero-order valence-corrected chi connectivity index (χ0v) is 13.0. The maximum Gasteiger partial charge on any atom is 0.132 e. The maximum atomic E-state index is 14.2. The second-order valence-electron chi connectivity index (χ2n) is 5.30. The quantitative estimate of drug-likeness (QED) is 0.777. The summed E-state index contributed by atoms with van der Waals surface area (Å²) in [5.41, 5.74) is 9.55. The fourth-order valence-electron chi connectivity index (χ4n) is 2.61. The Labute approximate surface area is 134 Å². The number of anilines is 1. The van der Waals surface area contributed by atoms with Gasteiger partial charge >= 0.3 is 0 Å². The molecule has 4 heteroatoms. The van der Waals surface area contributed by atoms with Gasteiger partial charge in [-0.05, 0) is 54.4 Å². The summed E-state index contributed by atoms with van der Waals surface area (Å²) in [6.45, 7) is 1.97. The van der Waals surface area contributed by atoms with E-state index in [0.29, 0.717) is 17.1 Å². The van der Waals surface area contributed by atoms with E-state index in [9.17, 15) is 4.39 Å². The zero-order valence-electron chi connectivity index (χ0n) is 13.0. The summed E-state index contributed by atoms with van der Waals surface area (Å²) in [4.78, 5) is 4.36. The third-order valence-corrected chi connectivity index (χ3v) is 3.75. The largest absolute Gasteiger partial charge is 0.496 e. The van der Waals surface area contributed by atoms with Crippen molar-refractivity contribution >= 4 is 5.82 Å². The van der Waals surface area contributed by atoms with E-state index in [-0.39, 0.29) is 5.82 Å². The third-order valence-electron chi connectivity index (χ3n) is 3.75. The van der Waals surface area contributed by atoms with Crippen LogP contribution in [0.5, 0.6) is 5.75 Å². The average molecular weight is 308 g/mol. The van der Waals surface area contributed by atoms with E-state index in [2.05, 4.69) is 4.98 Å². The second kappa shape index (κ2) is 6.08. The van der Waals surface area contributed by atoms with Crippen molar-refractivity contribution in [1.29, 1.82) is 0 Å². The Morgan fingerprint density at radius 3 is 2.48 bits per heavy atom. The highest BCUT2D eigenvalue weighted by molar-refractivity contribution is 5.82. The molecule has 3 rings (SSSR count). The molecule has 0 aliphatic carbocycles. The molecule has 0 saturated heterocycles. The number of rotatable bonds is 3. The Balaban J connectivity index is 2.21. The highest BCUT2D eigenvalue weighted by atomic mass is 19.1. The topological polar surface area (TPSA) is 48.1 Å². The predicted molar refractivity (Wildman–Crippen MR) is 90.8 cm³/mol. The van der Waals surface area contributed by atoms with Crippen molar-refractivity contribution in [3.63, 3.8) is 0 Å². The number of ether oxygens (including phenoxy) is 1. The fraction of sp³-hybridized carbons (Fsp3) is 0.105. The summed E-state index contributed by atoms with van der Waals surface area (Å²) in [5.74, 6) is 0.846. The molecule has 0 aliphatic heterocycles. The molecule has 1 heterocycles. The molecule has 0 saturated carbocycles. The van der Waals surface area contributed by atoms with Crippen molar-refractivity contribution in [3.05, 3.63) is 66.0 Å². The lowest BCUT2D eigenvalue weighted by Crippen LogP contribution is -1.97. The van der Waals surface area contributed by atoms with E-state index in [1.165, 1.54) is 6.07 Å². The number of halogens is 1. The Hall–Kier alpha value is -2.88. The van der Waals surface area contributed by atoms with Crippen molar-refractivity contribution in [3.8, 4) is 28.1 Å². The van der Waals surface area contributed by atoms with Crippen LogP contribution in [0.4, 0.5) is 10.2 Å². The number of hydrogen-bond acceptors (Lipinski definition) is 3. The summed E-state index contributed by atoms with van der Waals surface area (Å²) >= 11 is 0. The number of nitrogen functional groups attached to an aromatic ring is 1. The van der Waals surface area contributed by atoms with Crippen molar-refractivity contribution in [2.45, 2.75) is 6.92 Å². The van der Waals surface area contributed by atoms with Crippen LogP contribution in [0, 0.1) is 12.7 Å². The van der Waals surface area contributed by atoms with E-state index in [0.717, 1.165) is 22.4 Å². The summed E-state index contributed by atoms with van der Waals surface area (Å²) in [6.07, 6.45) is 0. The standard InChI is InChI=1S/C19H17FN2O/c1-12-11-13(7-9-17(12)23-2)14-8-10-18(21)22-19(14)15-5-3-4-6-16(15)20/h3-11H,1-2H3,(H2,21,22). The molecule has 0 amide bonds. The van der Waals surface area contributed by atoms with Crippen molar-refractivity contribution < 1.29 is 9.13 Å². The number of nitrogens with zero attached hydrogens (tertiary/aromatic N) is 1. The van der Waals surface area contributed by atoms with Crippen LogP contribution in [-0.4, -0.2) is 12.1 Å². The molecular weight excluding hydrogens is 291 g/mol. The molecule has 0 aliphatic rings. The van der Waals surface area contributed by atoms with E-state index in [1.807, 2.05) is 31.2 Å². The maximum absolute atomic E-state index is 14.2. The average Bonchev–Trinajstić information content (AvgIpc) is 2.55. The molecule has 0 fully saturated rings. The van der Waals surface area contributed by atoms with Gasteiger partial charge in [0.2, 0.25) is 0 Å². The number of hydrogen-bond donors (Lipinski definition) is 1. The van der Waals surface area contributed by atoms with Gasteiger partial charge in [-0.2, -0.15) is 0 Å². The smallest absolute Gasteiger partial charge is 0.132 e. The molecule has 0 unspecified atom stereocenters. The Kier molecular flexibility index (Phi) is 3.98. The molecule has 1 aromatic heterocycles. The van der Waals surface area contributed by atoms with Crippen LogP contribution >= 0.6 is 0 Å². The minimum Gasteiger partial charge on any atom is -0.496 e. The molecule has 0 atom stereocenters. The minimum atomic E-state index is -0.322. The number of aryl methyl sites for hydroxylation is 1. The van der Waals surface area contributed by atoms with E-state index in [1.54, 1.807) is 31.4 Å². The lowest BCUT2D eigenvalue weighted by Gasteiger charge is -2.13. The summed E-state index contributed by atoms with van der Waals surface area (Å²) < 4.78 is 19.5. The van der Waals surface area contributed by atoms with Gasteiger partial charge in [0.25, 0.3) is 0 Å². The van der Waals surface area contributed by atoms with Crippen LogP contribution in [0.3, 0.4) is 0 Å². The van der Waals surface area contributed by atoms with Gasteiger partial charge in [0.1, 0.15) is 17.4 Å². The van der Waals surface area contributed by atoms with Gasteiger partial charge in [0.05, 0.1) is 12.8 Å². The van der Waals surface area contributed by atoms with E-state index >= 15 is 0 Å². The van der Waals surface area contributed by atoms with Gasteiger partial charge in [0.15, 0.2) is 0 Å². The molecule has 0 bridgehead atoms. The number of methoxy groups -OCH3 is 1. The summed E-state index contributed by atoms with van der Waals surface area (Å²) in [6, 6.07) is 16.0. The first kappa shape index (κ1) is 15.0. The third kappa shape index (κ3) is 2.88. The van der Waals surface area contributed by atoms with Gasteiger partial charge in [-0.3, -0.25) is 0 Å². The SMILES string of the molecule is COc1ccc(-c2ccc(N)nc2-c2ccccc2F)cc1C. The Morgan fingerprint density at radius 2 is 1.78 bits per heavy atom. The number of nitrogens with two attached hydrogens (primary N) is 1. The van der Waals surface area contributed by atoms with Crippen LogP contribution in [0.25, 0.3) is 22.4 Å². The lowest BCUT2D eigenvalue weighted by atomic mass is 9.97. The van der Waals surface area contributed by atoms with Gasteiger partial charge < -0.3 is 10.5 Å². The molecule has 23 heavy (non-hydrogen) atoms. The van der Waals surface area contributed by atoms with Crippen molar-refractivity contribution in [2.75, 3.05) is 12.8 Å². The fourth-order valence-corrected chi connectivity index (χ4v) is 2.61. The highest BCUT2D eigenvalue weighted by Crippen LogP contribution is 2.34. The number of benzene rings is 2. The van der Waals surface area contributed by atoms with Gasteiger partial charge in [-0.1, -0.05) is 18.2 Å². The number of aromatic nitrogens is 1. The van der Waals surface area contributed by atoms with Crippen molar-refractivity contribution in [2.24, 2.45) is 0 Å². The lowest BCUT2D eigenvalue weighted by molar-refractivity contribution is 0.412. The highest BCUT2D eigenvalue weighted by Gasteiger charge is 2.14. The van der Waals surface area contributed by atoms with Crippen LogP contribution in [-0.2, 0) is 0 Å². The predicted octanol–water partition coefficient (Wildman–Crippen LogP) is 4.45. The molecule has 3 nitrogen and oxygen atoms in total. The summed E-state index contributed by atoms with van der Waals surface area (Å²) in [7, 11) is 1.64. The van der Waals surface area contributed by atoms with Crippen LogP contribution in [0.2, 0.25) is 0 Å². The first-order valence-electron chi connectivity index (χ1n) is 7.26. The summed E-state index contributed by atoms with van der Waals surface area (Å²) in [5, 5.41) is 0.